The maximum atomic E-state index is 12.5. The van der Waals surface area contributed by atoms with Gasteiger partial charge in [0.05, 0.1) is 13.2 Å². The monoisotopic (exact) mass is 244 g/mol. The van der Waals surface area contributed by atoms with Crippen LogP contribution < -0.4 is 0 Å². The topological polar surface area (TPSA) is 26.3 Å². The van der Waals surface area contributed by atoms with Crippen molar-refractivity contribution in [3.8, 4) is 0 Å². The molecule has 0 radical (unpaired) electrons. The number of Topliss-reactive ketones (excluding diaryl/α,β-unsaturated/α-hetero) is 1. The van der Waals surface area contributed by atoms with Gasteiger partial charge in [-0.25, -0.2) is 0 Å². The summed E-state index contributed by atoms with van der Waals surface area (Å²) in [6.07, 6.45) is 7.16. The Balaban J connectivity index is 1.79. The Labute approximate surface area is 108 Å². The average Bonchev–Trinajstić information content (AvgIpc) is 2.69. The molecule has 18 heavy (non-hydrogen) atoms. The van der Waals surface area contributed by atoms with E-state index in [2.05, 4.69) is 12.1 Å². The van der Waals surface area contributed by atoms with Gasteiger partial charge in [0.2, 0.25) is 0 Å². The van der Waals surface area contributed by atoms with Crippen molar-refractivity contribution in [1.82, 2.24) is 0 Å². The summed E-state index contributed by atoms with van der Waals surface area (Å²) in [4.78, 5) is 12.5. The molecule has 1 aromatic rings. The lowest BCUT2D eigenvalue weighted by atomic mass is 9.90. The van der Waals surface area contributed by atoms with Crippen molar-refractivity contribution in [2.75, 3.05) is 0 Å². The normalized spacial score (nSPS) is 20.4. The van der Waals surface area contributed by atoms with Crippen molar-refractivity contribution >= 4 is 5.78 Å². The number of benzene rings is 1. The lowest BCUT2D eigenvalue weighted by molar-refractivity contribution is 0.0907. The fourth-order valence-electron chi connectivity index (χ4n) is 3.10. The maximum absolute atomic E-state index is 12.5. The minimum atomic E-state index is 0.257. The van der Waals surface area contributed by atoms with Gasteiger partial charge in [0.1, 0.15) is 0 Å². The molecule has 1 aromatic carbocycles. The SMILES string of the molecule is O=C(c1ccc2c(c1)COC2)C1CCCCCC1. The van der Waals surface area contributed by atoms with Crippen molar-refractivity contribution in [3.63, 3.8) is 0 Å². The van der Waals surface area contributed by atoms with Crippen LogP contribution in [0.25, 0.3) is 0 Å². The Hall–Kier alpha value is -1.15. The Kier molecular flexibility index (Phi) is 3.46. The zero-order chi connectivity index (χ0) is 12.4. The molecular formula is C16H20O2. The van der Waals surface area contributed by atoms with Gasteiger partial charge in [-0.15, -0.1) is 0 Å². The standard InChI is InChI=1S/C16H20O2/c17-16(12-5-3-1-2-4-6-12)13-7-8-14-10-18-11-15(14)9-13/h7-9,12H,1-6,10-11H2. The molecular weight excluding hydrogens is 224 g/mol. The number of carbonyl (C=O) groups is 1. The molecule has 96 valence electrons. The highest BCUT2D eigenvalue weighted by molar-refractivity contribution is 5.98. The molecule has 0 amide bonds. The van der Waals surface area contributed by atoms with E-state index in [1.165, 1.54) is 36.8 Å². The molecule has 0 atom stereocenters. The summed E-state index contributed by atoms with van der Waals surface area (Å²) in [6, 6.07) is 6.10. The smallest absolute Gasteiger partial charge is 0.165 e. The van der Waals surface area contributed by atoms with Crippen LogP contribution in [-0.2, 0) is 18.0 Å². The van der Waals surface area contributed by atoms with Gasteiger partial charge < -0.3 is 4.74 Å². The van der Waals surface area contributed by atoms with Crippen LogP contribution in [0.4, 0.5) is 0 Å². The van der Waals surface area contributed by atoms with Crippen molar-refractivity contribution in [1.29, 1.82) is 0 Å². The van der Waals surface area contributed by atoms with Gasteiger partial charge in [-0.1, -0.05) is 37.8 Å². The molecule has 2 heteroatoms. The Morgan fingerprint density at radius 1 is 1.00 bits per heavy atom. The highest BCUT2D eigenvalue weighted by Gasteiger charge is 2.22. The van der Waals surface area contributed by atoms with E-state index in [9.17, 15) is 4.79 Å². The van der Waals surface area contributed by atoms with Gasteiger partial charge in [0.15, 0.2) is 5.78 Å². The van der Waals surface area contributed by atoms with E-state index in [0.717, 1.165) is 18.4 Å². The van der Waals surface area contributed by atoms with E-state index in [-0.39, 0.29) is 5.92 Å². The van der Waals surface area contributed by atoms with Crippen LogP contribution in [0.1, 0.15) is 60.0 Å². The molecule has 2 nitrogen and oxygen atoms in total. The third-order valence-electron chi connectivity index (χ3n) is 4.23. The molecule has 0 spiro atoms. The molecule has 3 rings (SSSR count). The van der Waals surface area contributed by atoms with Gasteiger partial charge >= 0.3 is 0 Å². The molecule has 1 fully saturated rings. The molecule has 1 heterocycles. The first-order valence-corrected chi connectivity index (χ1v) is 7.08. The number of ketones is 1. The van der Waals surface area contributed by atoms with Gasteiger partial charge in [0.25, 0.3) is 0 Å². The van der Waals surface area contributed by atoms with E-state index >= 15 is 0 Å². The number of hydrogen-bond donors (Lipinski definition) is 0. The van der Waals surface area contributed by atoms with Crippen LogP contribution in [-0.4, -0.2) is 5.78 Å². The molecule has 0 bridgehead atoms. The third kappa shape index (κ3) is 2.35. The largest absolute Gasteiger partial charge is 0.372 e. The molecule has 1 aliphatic carbocycles. The fraction of sp³-hybridized carbons (Fsp3) is 0.562. The van der Waals surface area contributed by atoms with Crippen LogP contribution in [0.5, 0.6) is 0 Å². The quantitative estimate of drug-likeness (QED) is 0.583. The van der Waals surface area contributed by atoms with Crippen LogP contribution in [0.15, 0.2) is 18.2 Å². The highest BCUT2D eigenvalue weighted by Crippen LogP contribution is 2.28. The molecule has 1 saturated carbocycles. The average molecular weight is 244 g/mol. The first-order chi connectivity index (χ1) is 8.84. The van der Waals surface area contributed by atoms with Gasteiger partial charge in [-0.05, 0) is 30.0 Å². The van der Waals surface area contributed by atoms with Crippen molar-refractivity contribution in [2.45, 2.75) is 51.7 Å². The minimum absolute atomic E-state index is 0.257. The summed E-state index contributed by atoms with van der Waals surface area (Å²) in [6.45, 7) is 1.37. The molecule has 1 aliphatic heterocycles. The fourth-order valence-corrected chi connectivity index (χ4v) is 3.10. The number of fused-ring (bicyclic) bond motifs is 1. The Morgan fingerprint density at radius 3 is 2.50 bits per heavy atom. The lowest BCUT2D eigenvalue weighted by Gasteiger charge is -2.13. The second kappa shape index (κ2) is 5.23. The van der Waals surface area contributed by atoms with E-state index in [1.807, 2.05) is 6.07 Å². The molecule has 0 unspecified atom stereocenters. The van der Waals surface area contributed by atoms with Crippen LogP contribution in [0.3, 0.4) is 0 Å². The Morgan fingerprint density at radius 2 is 1.72 bits per heavy atom. The molecule has 0 aromatic heterocycles. The minimum Gasteiger partial charge on any atom is -0.372 e. The molecule has 0 saturated heterocycles. The highest BCUT2D eigenvalue weighted by atomic mass is 16.5. The van der Waals surface area contributed by atoms with Crippen LogP contribution >= 0.6 is 0 Å². The van der Waals surface area contributed by atoms with E-state index < -0.39 is 0 Å². The van der Waals surface area contributed by atoms with Crippen molar-refractivity contribution in [2.24, 2.45) is 5.92 Å². The van der Waals surface area contributed by atoms with Crippen molar-refractivity contribution < 1.29 is 9.53 Å². The van der Waals surface area contributed by atoms with E-state index in [0.29, 0.717) is 19.0 Å². The zero-order valence-corrected chi connectivity index (χ0v) is 10.8. The number of carbonyl (C=O) groups excluding carboxylic acids is 1. The maximum Gasteiger partial charge on any atom is 0.165 e. The summed E-state index contributed by atoms with van der Waals surface area (Å²) >= 11 is 0. The number of hydrogen-bond acceptors (Lipinski definition) is 2. The van der Waals surface area contributed by atoms with Crippen LogP contribution in [0.2, 0.25) is 0 Å². The summed E-state index contributed by atoms with van der Waals surface area (Å²) < 4.78 is 5.40. The number of rotatable bonds is 2. The summed E-state index contributed by atoms with van der Waals surface area (Å²) in [5.74, 6) is 0.611. The number of ether oxygens (including phenoxy) is 1. The van der Waals surface area contributed by atoms with E-state index in [1.54, 1.807) is 0 Å². The lowest BCUT2D eigenvalue weighted by Crippen LogP contribution is -2.14. The van der Waals surface area contributed by atoms with E-state index in [4.69, 9.17) is 4.74 Å². The predicted octanol–water partition coefficient (Wildman–Crippen LogP) is 3.87. The molecule has 2 aliphatic rings. The Bertz CT molecular complexity index is 442. The summed E-state index contributed by atoms with van der Waals surface area (Å²) in [7, 11) is 0. The van der Waals surface area contributed by atoms with Crippen LogP contribution in [0, 0.1) is 5.92 Å². The van der Waals surface area contributed by atoms with Gasteiger partial charge in [-0.2, -0.15) is 0 Å². The van der Waals surface area contributed by atoms with Gasteiger partial charge in [-0.3, -0.25) is 4.79 Å². The van der Waals surface area contributed by atoms with Gasteiger partial charge in [0, 0.05) is 11.5 Å². The first-order valence-electron chi connectivity index (χ1n) is 7.08. The second-order valence-electron chi connectivity index (χ2n) is 5.53. The zero-order valence-electron chi connectivity index (χ0n) is 10.8. The third-order valence-corrected chi connectivity index (χ3v) is 4.23. The molecule has 0 N–H and O–H groups in total. The first kappa shape index (κ1) is 11.9. The second-order valence-corrected chi connectivity index (χ2v) is 5.53. The summed E-state index contributed by atoms with van der Waals surface area (Å²) in [5, 5.41) is 0. The predicted molar refractivity (Wildman–Crippen MR) is 70.5 cm³/mol. The van der Waals surface area contributed by atoms with Crippen molar-refractivity contribution in [3.05, 3.63) is 34.9 Å². The summed E-state index contributed by atoms with van der Waals surface area (Å²) in [5.41, 5.74) is 3.34.